The number of hydrogen-bond donors (Lipinski definition) is 1. The molecule has 0 spiro atoms. The standard InChI is InChI=1S/C16H23F2NO/c1-2-10-19-15(9-8-12-5-4-11-20-12)16-13(17)6-3-7-14(16)18/h3,6-7,12,15,19H,2,4-5,8-11H2,1H3. The van der Waals surface area contributed by atoms with E-state index in [1.807, 2.05) is 6.92 Å². The van der Waals surface area contributed by atoms with Crippen molar-refractivity contribution in [3.05, 3.63) is 35.4 Å². The van der Waals surface area contributed by atoms with Crippen molar-refractivity contribution in [3.8, 4) is 0 Å². The monoisotopic (exact) mass is 283 g/mol. The van der Waals surface area contributed by atoms with Crippen LogP contribution in [0.2, 0.25) is 0 Å². The first-order valence-corrected chi connectivity index (χ1v) is 7.51. The first-order chi connectivity index (χ1) is 9.72. The SMILES string of the molecule is CCCNC(CCC1CCCO1)c1c(F)cccc1F. The minimum absolute atomic E-state index is 0.166. The zero-order valence-corrected chi connectivity index (χ0v) is 12.0. The summed E-state index contributed by atoms with van der Waals surface area (Å²) < 4.78 is 33.4. The average molecular weight is 283 g/mol. The molecule has 1 aliphatic heterocycles. The Labute approximate surface area is 119 Å². The molecule has 0 aliphatic carbocycles. The lowest BCUT2D eigenvalue weighted by Crippen LogP contribution is -2.25. The molecule has 0 saturated carbocycles. The van der Waals surface area contributed by atoms with Gasteiger partial charge in [0.05, 0.1) is 6.10 Å². The lowest BCUT2D eigenvalue weighted by molar-refractivity contribution is 0.0993. The fourth-order valence-corrected chi connectivity index (χ4v) is 2.74. The summed E-state index contributed by atoms with van der Waals surface area (Å²) in [6, 6.07) is 3.78. The van der Waals surface area contributed by atoms with Gasteiger partial charge in [0, 0.05) is 18.2 Å². The highest BCUT2D eigenvalue weighted by atomic mass is 19.1. The van der Waals surface area contributed by atoms with Gasteiger partial charge in [0.2, 0.25) is 0 Å². The molecule has 1 aliphatic rings. The predicted octanol–water partition coefficient (Wildman–Crippen LogP) is 3.96. The summed E-state index contributed by atoms with van der Waals surface area (Å²) in [4.78, 5) is 0. The fraction of sp³-hybridized carbons (Fsp3) is 0.625. The van der Waals surface area contributed by atoms with Gasteiger partial charge in [-0.15, -0.1) is 0 Å². The summed E-state index contributed by atoms with van der Waals surface area (Å²) in [5, 5.41) is 3.26. The van der Waals surface area contributed by atoms with E-state index in [-0.39, 0.29) is 17.7 Å². The van der Waals surface area contributed by atoms with E-state index < -0.39 is 11.6 Å². The van der Waals surface area contributed by atoms with E-state index in [4.69, 9.17) is 4.74 Å². The van der Waals surface area contributed by atoms with Crippen molar-refractivity contribution in [2.75, 3.05) is 13.2 Å². The Morgan fingerprint density at radius 3 is 2.70 bits per heavy atom. The van der Waals surface area contributed by atoms with Gasteiger partial charge in [-0.25, -0.2) is 8.78 Å². The maximum Gasteiger partial charge on any atom is 0.130 e. The lowest BCUT2D eigenvalue weighted by Gasteiger charge is -2.21. The quantitative estimate of drug-likeness (QED) is 0.817. The molecule has 2 unspecified atom stereocenters. The summed E-state index contributed by atoms with van der Waals surface area (Å²) in [7, 11) is 0. The molecule has 1 aromatic carbocycles. The Morgan fingerprint density at radius 1 is 1.35 bits per heavy atom. The summed E-state index contributed by atoms with van der Waals surface area (Å²) in [5.74, 6) is -0.933. The topological polar surface area (TPSA) is 21.3 Å². The average Bonchev–Trinajstić information content (AvgIpc) is 2.94. The van der Waals surface area contributed by atoms with Crippen LogP contribution in [0.15, 0.2) is 18.2 Å². The Bertz CT molecular complexity index is 399. The van der Waals surface area contributed by atoms with Crippen molar-refractivity contribution in [2.24, 2.45) is 0 Å². The highest BCUT2D eigenvalue weighted by Gasteiger charge is 2.22. The van der Waals surface area contributed by atoms with E-state index in [9.17, 15) is 8.78 Å². The van der Waals surface area contributed by atoms with Crippen molar-refractivity contribution in [1.29, 1.82) is 0 Å². The molecule has 1 N–H and O–H groups in total. The second kappa shape index (κ2) is 7.70. The Morgan fingerprint density at radius 2 is 2.10 bits per heavy atom. The fourth-order valence-electron chi connectivity index (χ4n) is 2.74. The third-order valence-corrected chi connectivity index (χ3v) is 3.79. The second-order valence-corrected chi connectivity index (χ2v) is 5.35. The van der Waals surface area contributed by atoms with Gasteiger partial charge in [-0.1, -0.05) is 13.0 Å². The number of ether oxygens (including phenoxy) is 1. The number of rotatable bonds is 7. The second-order valence-electron chi connectivity index (χ2n) is 5.35. The smallest absolute Gasteiger partial charge is 0.130 e. The maximum atomic E-state index is 13.9. The van der Waals surface area contributed by atoms with Crippen molar-refractivity contribution in [2.45, 2.75) is 51.2 Å². The van der Waals surface area contributed by atoms with Gasteiger partial charge in [-0.3, -0.25) is 0 Å². The Hall–Kier alpha value is -1.00. The van der Waals surface area contributed by atoms with Crippen LogP contribution >= 0.6 is 0 Å². The van der Waals surface area contributed by atoms with Crippen LogP contribution in [-0.2, 0) is 4.74 Å². The minimum atomic E-state index is -0.467. The molecule has 20 heavy (non-hydrogen) atoms. The molecule has 1 fully saturated rings. The van der Waals surface area contributed by atoms with Crippen LogP contribution in [0.25, 0.3) is 0 Å². The summed E-state index contributed by atoms with van der Waals surface area (Å²) in [5.41, 5.74) is 0.166. The molecule has 1 heterocycles. The first-order valence-electron chi connectivity index (χ1n) is 7.51. The van der Waals surface area contributed by atoms with Gasteiger partial charge in [-0.05, 0) is 50.8 Å². The minimum Gasteiger partial charge on any atom is -0.378 e. The predicted molar refractivity (Wildman–Crippen MR) is 75.6 cm³/mol. The molecule has 2 rings (SSSR count). The Kier molecular flexibility index (Phi) is 5.92. The Balaban J connectivity index is 2.05. The molecule has 112 valence electrons. The van der Waals surface area contributed by atoms with Crippen LogP contribution < -0.4 is 5.32 Å². The van der Waals surface area contributed by atoms with Crippen molar-refractivity contribution < 1.29 is 13.5 Å². The normalized spacial score (nSPS) is 20.2. The van der Waals surface area contributed by atoms with Crippen molar-refractivity contribution in [3.63, 3.8) is 0 Å². The van der Waals surface area contributed by atoms with Crippen LogP contribution in [-0.4, -0.2) is 19.3 Å². The molecule has 0 bridgehead atoms. The van der Waals surface area contributed by atoms with Gasteiger partial charge in [0.15, 0.2) is 0 Å². The van der Waals surface area contributed by atoms with Gasteiger partial charge in [0.25, 0.3) is 0 Å². The molecule has 1 aromatic rings. The van der Waals surface area contributed by atoms with Crippen LogP contribution in [0.1, 0.15) is 50.6 Å². The third kappa shape index (κ3) is 4.00. The molecule has 0 radical (unpaired) electrons. The van der Waals surface area contributed by atoms with E-state index in [1.54, 1.807) is 0 Å². The number of benzene rings is 1. The van der Waals surface area contributed by atoms with E-state index >= 15 is 0 Å². The number of halogens is 2. The van der Waals surface area contributed by atoms with Gasteiger partial charge in [0.1, 0.15) is 11.6 Å². The molecule has 0 amide bonds. The van der Waals surface area contributed by atoms with Crippen LogP contribution in [0.5, 0.6) is 0 Å². The van der Waals surface area contributed by atoms with Crippen LogP contribution in [0, 0.1) is 11.6 Å². The zero-order chi connectivity index (χ0) is 14.4. The summed E-state index contributed by atoms with van der Waals surface area (Å²) in [6.07, 6.45) is 4.87. The van der Waals surface area contributed by atoms with E-state index in [0.29, 0.717) is 6.42 Å². The van der Waals surface area contributed by atoms with Crippen molar-refractivity contribution >= 4 is 0 Å². The number of hydrogen-bond acceptors (Lipinski definition) is 2. The van der Waals surface area contributed by atoms with E-state index in [0.717, 1.165) is 38.8 Å². The molecular weight excluding hydrogens is 260 g/mol. The zero-order valence-electron chi connectivity index (χ0n) is 12.0. The van der Waals surface area contributed by atoms with Gasteiger partial charge >= 0.3 is 0 Å². The lowest BCUT2D eigenvalue weighted by atomic mass is 9.98. The number of nitrogens with one attached hydrogen (secondary N) is 1. The van der Waals surface area contributed by atoms with Crippen LogP contribution in [0.3, 0.4) is 0 Å². The van der Waals surface area contributed by atoms with Gasteiger partial charge < -0.3 is 10.1 Å². The highest BCUT2D eigenvalue weighted by Crippen LogP contribution is 2.27. The molecule has 1 saturated heterocycles. The largest absolute Gasteiger partial charge is 0.378 e. The third-order valence-electron chi connectivity index (χ3n) is 3.79. The molecular formula is C16H23F2NO. The summed E-state index contributed by atoms with van der Waals surface area (Å²) in [6.45, 7) is 3.61. The highest BCUT2D eigenvalue weighted by molar-refractivity contribution is 5.23. The maximum absolute atomic E-state index is 13.9. The molecule has 4 heteroatoms. The van der Waals surface area contributed by atoms with Crippen LogP contribution in [0.4, 0.5) is 8.78 Å². The first kappa shape index (κ1) is 15.4. The van der Waals surface area contributed by atoms with E-state index in [1.165, 1.54) is 18.2 Å². The van der Waals surface area contributed by atoms with E-state index in [2.05, 4.69) is 5.32 Å². The van der Waals surface area contributed by atoms with Crippen molar-refractivity contribution in [1.82, 2.24) is 5.32 Å². The molecule has 0 aromatic heterocycles. The molecule has 2 atom stereocenters. The summed E-state index contributed by atoms with van der Waals surface area (Å²) >= 11 is 0. The van der Waals surface area contributed by atoms with Gasteiger partial charge in [-0.2, -0.15) is 0 Å². The molecule has 2 nitrogen and oxygen atoms in total.